The number of carbonyl (C=O) groups excluding carboxylic acids is 6. The van der Waals surface area contributed by atoms with Crippen molar-refractivity contribution in [2.45, 2.75) is 202 Å². The molecule has 0 bridgehead atoms. The van der Waals surface area contributed by atoms with Crippen molar-refractivity contribution in [2.75, 3.05) is 65.9 Å². The van der Waals surface area contributed by atoms with Crippen LogP contribution in [0.4, 0.5) is 0 Å². The summed E-state index contributed by atoms with van der Waals surface area (Å²) in [5.41, 5.74) is 32.7. The summed E-state index contributed by atoms with van der Waals surface area (Å²) in [6.07, 6.45) is -15.9. The molecule has 0 aromatic heterocycles. The molecule has 47 heteroatoms. The molecule has 0 aliphatic carbocycles. The zero-order valence-electron chi connectivity index (χ0n) is 55.7. The van der Waals surface area contributed by atoms with E-state index in [1.165, 1.54) is 5.53 Å². The minimum atomic E-state index is -1.96. The molecule has 0 spiro atoms. The average Bonchev–Trinajstić information content (AvgIpc) is 1.73. The van der Waals surface area contributed by atoms with Gasteiger partial charge in [-0.3, -0.25) is 16.2 Å². The van der Waals surface area contributed by atoms with Gasteiger partial charge in [-0.2, -0.15) is 28.8 Å². The fourth-order valence-electron chi connectivity index (χ4n) is 9.87. The summed E-state index contributed by atoms with van der Waals surface area (Å²) in [7, 11) is 0. The van der Waals surface area contributed by atoms with Gasteiger partial charge in [0.2, 0.25) is 12.2 Å². The van der Waals surface area contributed by atoms with Gasteiger partial charge in [0, 0.05) is 76.5 Å². The number of halogens is 3. The molecule has 7 rings (SSSR count). The van der Waals surface area contributed by atoms with Gasteiger partial charge in [0.1, 0.15) is 48.8 Å². The predicted molar refractivity (Wildman–Crippen MR) is 323 cm³/mol. The van der Waals surface area contributed by atoms with Gasteiger partial charge in [-0.25, -0.2) is 0 Å². The minimum Gasteiger partial charge on any atom is -0.448 e. The van der Waals surface area contributed by atoms with Gasteiger partial charge in [0.15, 0.2) is 37.2 Å². The molecule has 10 N–H and O–H groups in total. The van der Waals surface area contributed by atoms with Crippen molar-refractivity contribution in [3.8, 4) is 0 Å². The van der Waals surface area contributed by atoms with Crippen LogP contribution in [0.5, 0.6) is 0 Å². The van der Waals surface area contributed by atoms with Crippen LogP contribution in [0.15, 0.2) is 25.9 Å². The first-order chi connectivity index (χ1) is 46.2. The molecular formula is C52H86Cl3N14NaO29. The zero-order chi connectivity index (χ0) is 75.0. The Morgan fingerprint density at radius 1 is 0.566 bits per heavy atom. The van der Waals surface area contributed by atoms with Crippen LogP contribution < -0.4 is 35.1 Å². The third-order valence-corrected chi connectivity index (χ3v) is 15.5. The van der Waals surface area contributed by atoms with Crippen molar-refractivity contribution in [1.29, 1.82) is 5.41 Å². The number of nitrogens with zero attached hydrogens (tertiary/aromatic N) is 12. The predicted octanol–water partition coefficient (Wildman–Crippen LogP) is -1.35. The number of nitroso groups, excluding NO2 is 1. The molecule has 8 unspecified atom stereocenters. The van der Waals surface area contributed by atoms with Crippen molar-refractivity contribution >= 4 is 59.2 Å². The average molecular weight is 1500 g/mol. The van der Waals surface area contributed by atoms with Crippen molar-refractivity contribution in [1.82, 2.24) is 5.53 Å². The smallest absolute Gasteiger partial charge is 0.448 e. The Bertz CT molecular complexity index is 2550. The molecule has 26 atom stereocenters. The fraction of sp³-hybridized carbons (Fsp3) is 0.923. The first-order valence-electron chi connectivity index (χ1n) is 29.6. The normalized spacial score (nSPS) is 35.9. The Morgan fingerprint density at radius 3 is 1.43 bits per heavy atom. The van der Waals surface area contributed by atoms with E-state index in [1.807, 2.05) is 67.6 Å². The molecule has 7 aliphatic heterocycles. The molecule has 0 aromatic carbocycles. The van der Waals surface area contributed by atoms with Crippen LogP contribution in [-0.2, 0) is 95.1 Å². The summed E-state index contributed by atoms with van der Waals surface area (Å²) in [6.45, 7) is 20.4. The van der Waals surface area contributed by atoms with Gasteiger partial charge >= 0.3 is 48.0 Å². The first kappa shape index (κ1) is 96.6. The first-order valence-corrected chi connectivity index (χ1v) is 30.8. The number of fused-ring (bicyclic) bond motifs is 1. The maximum absolute atomic E-state index is 10.2. The summed E-state index contributed by atoms with van der Waals surface area (Å²) in [4.78, 5) is 65.2. The Kier molecular flexibility index (Phi) is 50.4. The molecule has 7 fully saturated rings. The van der Waals surface area contributed by atoms with Crippen LogP contribution in [0.2, 0.25) is 0 Å². The van der Waals surface area contributed by atoms with Gasteiger partial charge in [0.05, 0.1) is 76.3 Å². The molecule has 43 nitrogen and oxygen atoms in total. The zero-order valence-corrected chi connectivity index (χ0v) is 60.0. The largest absolute Gasteiger partial charge is 1.00 e. The number of aliphatic hydroxyl groups is 8. The van der Waals surface area contributed by atoms with Crippen LogP contribution in [-0.4, -0.2) is 264 Å². The second-order valence-electron chi connectivity index (χ2n) is 22.4. The van der Waals surface area contributed by atoms with E-state index in [2.05, 4.69) is 42.2 Å². The summed E-state index contributed by atoms with van der Waals surface area (Å²) >= 11 is 17.3. The van der Waals surface area contributed by atoms with E-state index < -0.39 is 102 Å². The van der Waals surface area contributed by atoms with E-state index in [1.54, 1.807) is 0 Å². The number of hydrogen-bond donors (Lipinski definition) is 10. The number of ether oxygens (including phenoxy) is 14. The molecule has 99 heavy (non-hydrogen) atoms. The third kappa shape index (κ3) is 33.7. The second-order valence-corrected chi connectivity index (χ2v) is 24.7. The Balaban J connectivity index is 0. The molecule has 0 aromatic rings. The summed E-state index contributed by atoms with van der Waals surface area (Å²) < 4.78 is 78.0. The van der Waals surface area contributed by atoms with Crippen LogP contribution in [0.1, 0.15) is 69.2 Å². The Labute approximate surface area is 603 Å². The molecule has 0 amide bonds. The maximum Gasteiger partial charge on any atom is 1.00 e. The molecule has 7 heterocycles. The summed E-state index contributed by atoms with van der Waals surface area (Å²) in [6, 6.07) is 0. The van der Waals surface area contributed by atoms with Crippen LogP contribution in [0.25, 0.3) is 36.9 Å². The number of nitrogens with one attached hydrogen (secondary N) is 2. The van der Waals surface area contributed by atoms with Crippen molar-refractivity contribution < 1.29 is 165 Å². The minimum absolute atomic E-state index is 0. The molecule has 7 saturated heterocycles. The van der Waals surface area contributed by atoms with E-state index >= 15 is 0 Å². The van der Waals surface area contributed by atoms with E-state index in [-0.39, 0.29) is 173 Å². The van der Waals surface area contributed by atoms with Gasteiger partial charge in [0.25, 0.3) is 3.79 Å². The number of rotatable bonds is 19. The SMILES string of the molecule is CC1O[C@@H](OCCN=[N+]=[N-])C(C)[C@@H](O[C@H]2OC[C@@H](C)[C@H](O)C2O)[C@@H]1C.CC1O[C@H](OC(=N)C(Cl)(Cl)Cl)C(C)[C@@H](O[C@H]2OC[C@@H](C)[C@@H]3OC(C)(C)OC23)[C@@H]1C.O=C=O.O=C=O.O=C=O.[N-]=NNN=O.[N-]=[N+]=NCCO.[N-]=[N+]=NCCO[C@@H]1OC[C@@H](O)[C@H](O[C@H]2OC[C@@H](O)[C@H](O)C2O)C1O.[Na+]. The van der Waals surface area contributed by atoms with Gasteiger partial charge in [-0.15, -0.1) is 4.91 Å². The number of azide groups is 3. The van der Waals surface area contributed by atoms with Crippen LogP contribution >= 0.6 is 34.8 Å². The Hall–Kier alpha value is -4.43. The van der Waals surface area contributed by atoms with Gasteiger partial charge in [-0.1, -0.05) is 91.7 Å². The molecule has 7 aliphatic rings. The van der Waals surface area contributed by atoms with Crippen LogP contribution in [0.3, 0.4) is 0 Å². The summed E-state index contributed by atoms with van der Waals surface area (Å²) in [5, 5.41) is 98.9. The quantitative estimate of drug-likeness (QED) is 0.00683. The van der Waals surface area contributed by atoms with Crippen LogP contribution in [0, 0.1) is 45.8 Å². The Morgan fingerprint density at radius 2 is 0.970 bits per heavy atom. The second kappa shape index (κ2) is 51.7. The topological polar surface area (TPSA) is 640 Å². The third-order valence-electron chi connectivity index (χ3n) is 15.0. The van der Waals surface area contributed by atoms with Crippen molar-refractivity contribution in [3.63, 3.8) is 0 Å². The van der Waals surface area contributed by atoms with Crippen molar-refractivity contribution in [2.24, 2.45) is 61.4 Å². The van der Waals surface area contributed by atoms with E-state index in [0.29, 0.717) is 13.2 Å². The van der Waals surface area contributed by atoms with Gasteiger partial charge < -0.3 is 113 Å². The number of alkyl halides is 3. The van der Waals surface area contributed by atoms with E-state index in [4.69, 9.17) is 167 Å². The van der Waals surface area contributed by atoms with E-state index in [9.17, 15) is 35.7 Å². The standard InChI is InChI=1S/C19H30Cl3NO6.C16H29N3O6.C12H21N3O9.C2H5N3O.3CO2.HN4O.Na/c1-8-7-24-16(14-12(8)28-18(5,6)29-14)26-13-9(2)11(4)25-15(10(13)3)27-17(23)19(20,21)22;1-8-7-23-16(13(21)12(8)20)25-14-9(2)11(4)24-15(10(14)3)22-6-5-18-19-17;13-15-14-1-2-21-11-9(20)10(6(17)4-22-11)24-12-8(19)7(18)5(16)3-23-12;3-5-4-1-2-6;3*2-1-3;1-2-3-4-5;/h8-16,23H,7H2,1-6H3;8-16,20-21H,5-7H2,1-4H3;5-12,16-20H,1-4H2;6H,1-2H2;;;;(H-,1,3,5);/q;;;;;;;-1;+1/t8-,9-,10?,11?,12+,13+,14?,15-,16-;8-,9-,10?,11?,12+,13?,14+,15-,16-;5-,6-,7+,8?,9?,10+,11-,12-;;;;;;/m111....../s1. The fourth-order valence-corrected chi connectivity index (χ4v) is 10.0. The molecule has 560 valence electrons. The molecular weight excluding hydrogens is 1410 g/mol. The van der Waals surface area contributed by atoms with Gasteiger partial charge in [-0.05, 0) is 49.6 Å². The summed E-state index contributed by atoms with van der Waals surface area (Å²) in [5.74, 6) is -1.39. The number of aliphatic hydroxyl groups excluding tert-OH is 8. The molecule has 0 saturated carbocycles. The van der Waals surface area contributed by atoms with Crippen molar-refractivity contribution in [3.05, 3.63) is 41.8 Å². The monoisotopic (exact) mass is 1500 g/mol. The molecule has 0 radical (unpaired) electrons. The number of hydrogen-bond acceptors (Lipinski definition) is 35. The maximum atomic E-state index is 10.2. The van der Waals surface area contributed by atoms with E-state index in [0.717, 1.165) is 0 Å².